The van der Waals surface area contributed by atoms with Crippen LogP contribution < -0.4 is 10.0 Å². The largest absolute Gasteiger partial charge is 0.313 e. The van der Waals surface area contributed by atoms with Crippen molar-refractivity contribution >= 4 is 71.9 Å². The number of nitrogens with one attached hydrogen (secondary N) is 2. The van der Waals surface area contributed by atoms with E-state index in [1.54, 1.807) is 71.2 Å². The lowest BCUT2D eigenvalue weighted by atomic mass is 10.0. The van der Waals surface area contributed by atoms with Crippen molar-refractivity contribution in [3.63, 3.8) is 0 Å². The molecule has 0 atom stereocenters. The fraction of sp³-hybridized carbons (Fsp3) is 0.143. The molecule has 1 amide bonds. The average Bonchev–Trinajstić information content (AvgIpc) is 3.62. The van der Waals surface area contributed by atoms with Crippen molar-refractivity contribution in [2.75, 3.05) is 16.6 Å². The Bertz CT molecular complexity index is 2100. The fourth-order valence-corrected chi connectivity index (χ4v) is 9.00. The van der Waals surface area contributed by atoms with E-state index in [1.807, 2.05) is 31.2 Å². The first kappa shape index (κ1) is 31.9. The van der Waals surface area contributed by atoms with Crippen LogP contribution in [0.4, 0.5) is 10.7 Å². The summed E-state index contributed by atoms with van der Waals surface area (Å²) in [6.45, 7) is 4.46. The number of aromatic nitrogens is 1. The Kier molecular flexibility index (Phi) is 9.26. The smallest absolute Gasteiger partial charge is 0.261 e. The van der Waals surface area contributed by atoms with E-state index in [0.29, 0.717) is 11.3 Å². The van der Waals surface area contributed by atoms with Gasteiger partial charge in [-0.05, 0) is 66.9 Å². The molecular weight excluding hydrogens is 656 g/mol. The summed E-state index contributed by atoms with van der Waals surface area (Å²) in [4.78, 5) is 22.5. The summed E-state index contributed by atoms with van der Waals surface area (Å²) < 4.78 is 29.7. The van der Waals surface area contributed by atoms with Crippen molar-refractivity contribution in [1.29, 1.82) is 0 Å². The van der Waals surface area contributed by atoms with Gasteiger partial charge in [0.05, 0.1) is 15.1 Å². The van der Waals surface area contributed by atoms with E-state index < -0.39 is 10.0 Å². The number of benzene rings is 4. The second-order valence-electron chi connectivity index (χ2n) is 11.1. The molecule has 7 rings (SSSR count). The number of carbonyl (C=O) groups excluding carboxylic acids is 1. The minimum absolute atomic E-state index is 0. The summed E-state index contributed by atoms with van der Waals surface area (Å²) in [5, 5.41) is 4.82. The van der Waals surface area contributed by atoms with E-state index in [4.69, 9.17) is 4.98 Å². The Hall–Kier alpha value is -4.06. The number of nitrogens with zero attached hydrogens (tertiary/aromatic N) is 2. The molecule has 2 N–H and O–H groups in total. The molecule has 0 radical (unpaired) electrons. The number of thiazole rings is 1. The van der Waals surface area contributed by atoms with Gasteiger partial charge in [-0.2, -0.15) is 0 Å². The molecule has 2 aromatic heterocycles. The molecule has 234 valence electrons. The van der Waals surface area contributed by atoms with Crippen LogP contribution in [0.1, 0.15) is 31.9 Å². The second kappa shape index (κ2) is 13.4. The summed E-state index contributed by atoms with van der Waals surface area (Å²) in [5.74, 6) is -0.312. The molecule has 0 fully saturated rings. The number of hydrogen-bond acceptors (Lipinski definition) is 7. The molecule has 7 nitrogen and oxygen atoms in total. The number of carbonyl (C=O) groups is 1. The van der Waals surface area contributed by atoms with E-state index >= 15 is 0 Å². The molecule has 0 bridgehead atoms. The highest BCUT2D eigenvalue weighted by atomic mass is 35.5. The number of anilines is 2. The third kappa shape index (κ3) is 6.72. The Morgan fingerprint density at radius 1 is 0.913 bits per heavy atom. The minimum atomic E-state index is -3.81. The van der Waals surface area contributed by atoms with Gasteiger partial charge >= 0.3 is 0 Å². The van der Waals surface area contributed by atoms with Crippen LogP contribution in [-0.2, 0) is 29.5 Å². The Morgan fingerprint density at radius 3 is 2.46 bits per heavy atom. The Morgan fingerprint density at radius 2 is 1.67 bits per heavy atom. The topological polar surface area (TPSA) is 91.4 Å². The van der Waals surface area contributed by atoms with Gasteiger partial charge in [0.1, 0.15) is 10.0 Å². The van der Waals surface area contributed by atoms with Crippen LogP contribution in [0.15, 0.2) is 108 Å². The van der Waals surface area contributed by atoms with E-state index in [0.717, 1.165) is 57.4 Å². The van der Waals surface area contributed by atoms with E-state index in [1.165, 1.54) is 16.0 Å². The first-order valence-corrected chi connectivity index (χ1v) is 17.7. The van der Waals surface area contributed by atoms with Gasteiger partial charge in [-0.1, -0.05) is 66.2 Å². The molecule has 1 aliphatic rings. The zero-order valence-electron chi connectivity index (χ0n) is 24.9. The molecule has 0 unspecified atom stereocenters. The van der Waals surface area contributed by atoms with Crippen LogP contribution in [0.2, 0.25) is 0 Å². The maximum Gasteiger partial charge on any atom is 0.261 e. The predicted octanol–water partition coefficient (Wildman–Crippen LogP) is 8.37. The van der Waals surface area contributed by atoms with Crippen molar-refractivity contribution in [2.24, 2.45) is 0 Å². The first-order valence-electron chi connectivity index (χ1n) is 14.6. The van der Waals surface area contributed by atoms with Crippen molar-refractivity contribution < 1.29 is 13.2 Å². The summed E-state index contributed by atoms with van der Waals surface area (Å²) in [5.41, 5.74) is 6.07. The number of rotatable bonds is 8. The van der Waals surface area contributed by atoms with E-state index in [2.05, 4.69) is 45.3 Å². The summed E-state index contributed by atoms with van der Waals surface area (Å²) in [7, 11) is -3.81. The van der Waals surface area contributed by atoms with Gasteiger partial charge in [-0.3, -0.25) is 14.4 Å². The maximum atomic E-state index is 13.7. The summed E-state index contributed by atoms with van der Waals surface area (Å²) in [6.07, 6.45) is 0.857. The van der Waals surface area contributed by atoms with Crippen LogP contribution in [0.5, 0.6) is 0 Å². The molecule has 4 aromatic carbocycles. The van der Waals surface area contributed by atoms with Crippen LogP contribution in [0, 0.1) is 6.92 Å². The number of aryl methyl sites for hydroxylation is 1. The molecule has 0 saturated heterocycles. The number of amides is 1. The molecule has 0 spiro atoms. The van der Waals surface area contributed by atoms with E-state index in [-0.39, 0.29) is 23.2 Å². The number of halogens is 1. The van der Waals surface area contributed by atoms with Crippen molar-refractivity contribution in [1.82, 2.24) is 9.88 Å². The van der Waals surface area contributed by atoms with Crippen molar-refractivity contribution in [3.05, 3.63) is 130 Å². The lowest BCUT2D eigenvalue weighted by Gasteiger charge is -2.27. The van der Waals surface area contributed by atoms with Gasteiger partial charge in [-0.15, -0.1) is 35.1 Å². The monoisotopic (exact) mass is 686 g/mol. The zero-order chi connectivity index (χ0) is 31.0. The Labute approximate surface area is 282 Å². The standard InChI is InChI=1S/C35H30N4O3S3.ClH/c1-23-14-16-27(17-15-23)45(41,42)38-26-11-7-10-25(20-26)33(40)37-35-32(34-36-29-12-5-6-13-30(29)43-34)28-18-19-39(22-31(28)44-35)21-24-8-3-2-4-9-24;/h2-17,20,38H,18-19,21-22H2,1H3,(H,37,40);1H. The van der Waals surface area contributed by atoms with Gasteiger partial charge in [0.2, 0.25) is 0 Å². The third-order valence-corrected chi connectivity index (χ3v) is 11.4. The van der Waals surface area contributed by atoms with Gasteiger partial charge in [0.15, 0.2) is 0 Å². The predicted molar refractivity (Wildman–Crippen MR) is 191 cm³/mol. The maximum absolute atomic E-state index is 13.7. The highest BCUT2D eigenvalue weighted by Gasteiger charge is 2.28. The molecule has 0 saturated carbocycles. The van der Waals surface area contributed by atoms with Gasteiger partial charge in [-0.25, -0.2) is 13.4 Å². The summed E-state index contributed by atoms with van der Waals surface area (Å²) in [6, 6.07) is 31.7. The van der Waals surface area contributed by atoms with Crippen LogP contribution in [0.3, 0.4) is 0 Å². The fourth-order valence-electron chi connectivity index (χ4n) is 5.56. The SMILES string of the molecule is Cc1ccc(S(=O)(=O)Nc2cccc(C(=O)Nc3sc4c(c3-c3nc5ccccc5s3)CCN(Cc3ccccc3)C4)c2)cc1.Cl. The second-order valence-corrected chi connectivity index (χ2v) is 14.9. The Balaban J connectivity index is 0.00000372. The molecule has 3 heterocycles. The molecule has 11 heteroatoms. The lowest BCUT2D eigenvalue weighted by Crippen LogP contribution is -2.29. The lowest BCUT2D eigenvalue weighted by molar-refractivity contribution is 0.102. The molecule has 0 aliphatic carbocycles. The number of para-hydroxylation sites is 1. The number of sulfonamides is 1. The van der Waals surface area contributed by atoms with Gasteiger partial charge in [0.25, 0.3) is 15.9 Å². The normalized spacial score (nSPS) is 13.2. The quantitative estimate of drug-likeness (QED) is 0.168. The van der Waals surface area contributed by atoms with Crippen LogP contribution in [-0.4, -0.2) is 30.8 Å². The summed E-state index contributed by atoms with van der Waals surface area (Å²) >= 11 is 3.23. The van der Waals surface area contributed by atoms with Crippen molar-refractivity contribution in [2.45, 2.75) is 31.3 Å². The average molecular weight is 687 g/mol. The third-order valence-electron chi connectivity index (χ3n) is 7.83. The van der Waals surface area contributed by atoms with Gasteiger partial charge < -0.3 is 5.32 Å². The minimum Gasteiger partial charge on any atom is -0.313 e. The zero-order valence-corrected chi connectivity index (χ0v) is 28.2. The van der Waals surface area contributed by atoms with Crippen LogP contribution >= 0.6 is 35.1 Å². The molecule has 46 heavy (non-hydrogen) atoms. The first-order chi connectivity index (χ1) is 21.8. The highest BCUT2D eigenvalue weighted by Crippen LogP contribution is 2.46. The number of hydrogen-bond donors (Lipinski definition) is 2. The van der Waals surface area contributed by atoms with Crippen molar-refractivity contribution in [3.8, 4) is 10.6 Å². The highest BCUT2D eigenvalue weighted by molar-refractivity contribution is 7.92. The molecule has 6 aromatic rings. The number of fused-ring (bicyclic) bond motifs is 2. The number of thiophene rings is 1. The van der Waals surface area contributed by atoms with Gasteiger partial charge in [0, 0.05) is 41.3 Å². The van der Waals surface area contributed by atoms with E-state index in [9.17, 15) is 13.2 Å². The molecule has 1 aliphatic heterocycles. The molecular formula is C35H31ClN4O3S3. The van der Waals surface area contributed by atoms with Crippen LogP contribution in [0.25, 0.3) is 20.8 Å².